The molecule has 2 aliphatic rings. The maximum Gasteiger partial charge on any atom is 0.321 e. The average Bonchev–Trinajstić information content (AvgIpc) is 2.82. The summed E-state index contributed by atoms with van der Waals surface area (Å²) in [5.41, 5.74) is 0.733. The predicted molar refractivity (Wildman–Crippen MR) is 124 cm³/mol. The van der Waals surface area contributed by atoms with Gasteiger partial charge in [-0.2, -0.15) is 0 Å². The van der Waals surface area contributed by atoms with Gasteiger partial charge in [-0.15, -0.1) is 0 Å². The van der Waals surface area contributed by atoms with E-state index in [-0.39, 0.29) is 24.6 Å². The van der Waals surface area contributed by atoms with Gasteiger partial charge >= 0.3 is 5.97 Å². The number of esters is 1. The van der Waals surface area contributed by atoms with Gasteiger partial charge in [0.15, 0.2) is 6.61 Å². The standard InChI is InChI=1S/C24H34N2O5S/c27-23(26(21-12-6-2-7-13-21)22-14-8-3-9-15-22)19-31-24(28)18-25-32(29,30)17-16-20-10-4-1-5-11-20/h1,4-5,10-11,16-17,21-22,25H,2-3,6-9,12-15,18-19H2/b17-16+. The van der Waals surface area contributed by atoms with Crippen LogP contribution in [-0.2, 0) is 24.3 Å². The summed E-state index contributed by atoms with van der Waals surface area (Å²) in [4.78, 5) is 27.1. The minimum atomic E-state index is -3.79. The van der Waals surface area contributed by atoms with E-state index < -0.39 is 22.5 Å². The number of carbonyl (C=O) groups excluding carboxylic acids is 2. The highest BCUT2D eigenvalue weighted by Crippen LogP contribution is 2.30. The first-order chi connectivity index (χ1) is 15.4. The third kappa shape index (κ3) is 7.74. The fraction of sp³-hybridized carbons (Fsp3) is 0.583. The number of rotatable bonds is 9. The lowest BCUT2D eigenvalue weighted by Gasteiger charge is -2.41. The van der Waals surface area contributed by atoms with E-state index in [1.165, 1.54) is 18.9 Å². The second kappa shape index (κ2) is 12.2. The summed E-state index contributed by atoms with van der Waals surface area (Å²) < 4.78 is 31.5. The van der Waals surface area contributed by atoms with Crippen molar-refractivity contribution in [1.29, 1.82) is 0 Å². The maximum atomic E-state index is 13.0. The number of sulfonamides is 1. The lowest BCUT2D eigenvalue weighted by molar-refractivity contribution is -0.154. The predicted octanol–water partition coefficient (Wildman–Crippen LogP) is 3.61. The Morgan fingerprint density at radius 3 is 2.06 bits per heavy atom. The van der Waals surface area contributed by atoms with E-state index in [9.17, 15) is 18.0 Å². The van der Waals surface area contributed by atoms with Crippen LogP contribution in [0, 0.1) is 0 Å². The number of carbonyl (C=O) groups is 2. The number of amides is 1. The molecule has 0 saturated heterocycles. The fourth-order valence-electron chi connectivity index (χ4n) is 4.63. The first-order valence-electron chi connectivity index (χ1n) is 11.6. The third-order valence-electron chi connectivity index (χ3n) is 6.24. The number of ether oxygens (including phenoxy) is 1. The van der Waals surface area contributed by atoms with Gasteiger partial charge in [0.1, 0.15) is 6.54 Å². The van der Waals surface area contributed by atoms with Crippen LogP contribution in [0.2, 0.25) is 0 Å². The summed E-state index contributed by atoms with van der Waals surface area (Å²) in [6, 6.07) is 9.44. The summed E-state index contributed by atoms with van der Waals surface area (Å²) >= 11 is 0. The van der Waals surface area contributed by atoms with Gasteiger partial charge in [0.05, 0.1) is 0 Å². The van der Waals surface area contributed by atoms with Crippen molar-refractivity contribution in [2.24, 2.45) is 0 Å². The van der Waals surface area contributed by atoms with Crippen molar-refractivity contribution in [2.75, 3.05) is 13.2 Å². The molecule has 32 heavy (non-hydrogen) atoms. The molecule has 0 aliphatic heterocycles. The topological polar surface area (TPSA) is 92.8 Å². The molecule has 0 aromatic heterocycles. The Labute approximate surface area is 191 Å². The van der Waals surface area contributed by atoms with E-state index in [2.05, 4.69) is 4.72 Å². The van der Waals surface area contributed by atoms with Crippen molar-refractivity contribution in [1.82, 2.24) is 9.62 Å². The SMILES string of the molecule is O=C(CNS(=O)(=O)/C=C/c1ccccc1)OCC(=O)N(C1CCCCC1)C1CCCCC1. The molecule has 0 unspecified atom stereocenters. The molecule has 2 saturated carbocycles. The number of nitrogens with zero attached hydrogens (tertiary/aromatic N) is 1. The second-order valence-corrected chi connectivity index (χ2v) is 10.3. The summed E-state index contributed by atoms with van der Waals surface area (Å²) in [6.07, 6.45) is 12.4. The van der Waals surface area contributed by atoms with Gasteiger partial charge in [-0.3, -0.25) is 9.59 Å². The van der Waals surface area contributed by atoms with Gasteiger partial charge in [0.2, 0.25) is 10.0 Å². The molecule has 0 heterocycles. The van der Waals surface area contributed by atoms with Crippen molar-refractivity contribution in [2.45, 2.75) is 76.3 Å². The lowest BCUT2D eigenvalue weighted by atomic mass is 9.88. The lowest BCUT2D eigenvalue weighted by Crippen LogP contribution is -2.50. The van der Waals surface area contributed by atoms with Crippen LogP contribution in [0.15, 0.2) is 35.7 Å². The fourth-order valence-corrected chi connectivity index (χ4v) is 5.38. The Morgan fingerprint density at radius 1 is 0.938 bits per heavy atom. The minimum Gasteiger partial charge on any atom is -0.455 e. The molecule has 0 bridgehead atoms. The molecule has 1 N–H and O–H groups in total. The number of nitrogens with one attached hydrogen (secondary N) is 1. The highest BCUT2D eigenvalue weighted by molar-refractivity contribution is 7.92. The van der Waals surface area contributed by atoms with Crippen molar-refractivity contribution >= 4 is 28.0 Å². The van der Waals surface area contributed by atoms with E-state index in [0.29, 0.717) is 0 Å². The molecule has 1 aromatic carbocycles. The Balaban J connectivity index is 1.49. The smallest absolute Gasteiger partial charge is 0.321 e. The number of hydrogen-bond acceptors (Lipinski definition) is 5. The highest BCUT2D eigenvalue weighted by atomic mass is 32.2. The third-order valence-corrected chi connectivity index (χ3v) is 7.28. The normalized spacial score (nSPS) is 18.5. The number of hydrogen-bond donors (Lipinski definition) is 1. The summed E-state index contributed by atoms with van der Waals surface area (Å²) in [6.45, 7) is -0.852. The van der Waals surface area contributed by atoms with Crippen LogP contribution in [0.25, 0.3) is 6.08 Å². The monoisotopic (exact) mass is 462 g/mol. The van der Waals surface area contributed by atoms with Gasteiger partial charge in [-0.25, -0.2) is 13.1 Å². The summed E-state index contributed by atoms with van der Waals surface area (Å²) in [7, 11) is -3.79. The van der Waals surface area contributed by atoms with Crippen LogP contribution in [0.4, 0.5) is 0 Å². The minimum absolute atomic E-state index is 0.163. The molecule has 176 valence electrons. The number of benzene rings is 1. The van der Waals surface area contributed by atoms with Crippen LogP contribution < -0.4 is 4.72 Å². The first kappa shape index (κ1) is 24.5. The Kier molecular flexibility index (Phi) is 9.29. The summed E-state index contributed by atoms with van der Waals surface area (Å²) in [5, 5.41) is 1.01. The molecular formula is C24H34N2O5S. The van der Waals surface area contributed by atoms with E-state index in [1.54, 1.807) is 24.3 Å². The second-order valence-electron chi connectivity index (χ2n) is 8.62. The van der Waals surface area contributed by atoms with Crippen LogP contribution in [0.1, 0.15) is 69.8 Å². The van der Waals surface area contributed by atoms with Crippen LogP contribution >= 0.6 is 0 Å². The molecule has 3 rings (SSSR count). The molecule has 0 atom stereocenters. The van der Waals surface area contributed by atoms with E-state index in [4.69, 9.17) is 4.74 Å². The molecule has 2 fully saturated rings. The van der Waals surface area contributed by atoms with Crippen LogP contribution in [0.3, 0.4) is 0 Å². The van der Waals surface area contributed by atoms with Crippen molar-refractivity contribution in [3.8, 4) is 0 Å². The van der Waals surface area contributed by atoms with Gasteiger partial charge < -0.3 is 9.64 Å². The van der Waals surface area contributed by atoms with Gasteiger partial charge in [-0.1, -0.05) is 68.9 Å². The molecule has 1 aromatic rings. The van der Waals surface area contributed by atoms with Crippen molar-refractivity contribution < 1.29 is 22.7 Å². The van der Waals surface area contributed by atoms with E-state index in [0.717, 1.165) is 62.3 Å². The van der Waals surface area contributed by atoms with Crippen molar-refractivity contribution in [3.05, 3.63) is 41.3 Å². The van der Waals surface area contributed by atoms with Crippen LogP contribution in [0.5, 0.6) is 0 Å². The van der Waals surface area contributed by atoms with E-state index in [1.807, 2.05) is 11.0 Å². The molecule has 7 nitrogen and oxygen atoms in total. The van der Waals surface area contributed by atoms with Crippen LogP contribution in [-0.4, -0.2) is 50.4 Å². The van der Waals surface area contributed by atoms with Gasteiger partial charge in [0.25, 0.3) is 5.91 Å². The van der Waals surface area contributed by atoms with Gasteiger partial charge in [-0.05, 0) is 37.3 Å². The molecular weight excluding hydrogens is 428 g/mol. The molecule has 0 radical (unpaired) electrons. The molecule has 2 aliphatic carbocycles. The van der Waals surface area contributed by atoms with Crippen molar-refractivity contribution in [3.63, 3.8) is 0 Å². The Hall–Kier alpha value is -2.19. The highest BCUT2D eigenvalue weighted by Gasteiger charge is 2.32. The Bertz CT molecular complexity index is 855. The zero-order chi connectivity index (χ0) is 22.8. The van der Waals surface area contributed by atoms with Gasteiger partial charge in [0, 0.05) is 17.5 Å². The average molecular weight is 463 g/mol. The zero-order valence-electron chi connectivity index (χ0n) is 18.6. The van der Waals surface area contributed by atoms with E-state index >= 15 is 0 Å². The molecule has 0 spiro atoms. The first-order valence-corrected chi connectivity index (χ1v) is 13.2. The maximum absolute atomic E-state index is 13.0. The Morgan fingerprint density at radius 2 is 1.50 bits per heavy atom. The zero-order valence-corrected chi connectivity index (χ0v) is 19.4. The molecule has 1 amide bonds. The largest absolute Gasteiger partial charge is 0.455 e. The quantitative estimate of drug-likeness (QED) is 0.566. The molecule has 8 heteroatoms. The summed E-state index contributed by atoms with van der Waals surface area (Å²) in [5.74, 6) is -0.925.